The van der Waals surface area contributed by atoms with Gasteiger partial charge in [-0.3, -0.25) is 9.89 Å². The lowest BCUT2D eigenvalue weighted by atomic mass is 10.1. The van der Waals surface area contributed by atoms with Crippen LogP contribution in [0.5, 0.6) is 0 Å². The maximum Gasteiger partial charge on any atom is 0.191 e. The molecule has 27 heavy (non-hydrogen) atoms. The van der Waals surface area contributed by atoms with Gasteiger partial charge in [-0.25, -0.2) is 0 Å². The highest BCUT2D eigenvalue weighted by Gasteiger charge is 2.12. The van der Waals surface area contributed by atoms with Gasteiger partial charge in [0.05, 0.1) is 0 Å². The van der Waals surface area contributed by atoms with Gasteiger partial charge < -0.3 is 15.5 Å². The Morgan fingerprint density at radius 2 is 1.78 bits per heavy atom. The number of hydrogen-bond donors (Lipinski definition) is 2. The van der Waals surface area contributed by atoms with E-state index in [1.807, 2.05) is 7.05 Å². The fourth-order valence-corrected chi connectivity index (χ4v) is 3.09. The van der Waals surface area contributed by atoms with Crippen molar-refractivity contribution in [1.82, 2.24) is 20.4 Å². The molecule has 154 valence electrons. The third-order valence-corrected chi connectivity index (χ3v) is 5.20. The molecule has 0 heterocycles. The largest absolute Gasteiger partial charge is 0.355 e. The zero-order valence-corrected chi connectivity index (χ0v) is 18.3. The van der Waals surface area contributed by atoms with Crippen molar-refractivity contribution in [3.05, 3.63) is 35.9 Å². The minimum Gasteiger partial charge on any atom is -0.355 e. The maximum atomic E-state index is 4.38. The van der Waals surface area contributed by atoms with Gasteiger partial charge in [0.1, 0.15) is 0 Å². The highest BCUT2D eigenvalue weighted by molar-refractivity contribution is 5.79. The van der Waals surface area contributed by atoms with Crippen LogP contribution in [0.4, 0.5) is 0 Å². The van der Waals surface area contributed by atoms with Crippen LogP contribution >= 0.6 is 0 Å². The van der Waals surface area contributed by atoms with E-state index in [2.05, 4.69) is 90.5 Å². The zero-order valence-electron chi connectivity index (χ0n) is 18.3. The maximum absolute atomic E-state index is 4.38. The Kier molecular flexibility index (Phi) is 11.8. The lowest BCUT2D eigenvalue weighted by molar-refractivity contribution is 0.249. The molecule has 0 bridgehead atoms. The Labute approximate surface area is 167 Å². The van der Waals surface area contributed by atoms with Crippen molar-refractivity contribution in [2.75, 3.05) is 40.3 Å². The molecule has 0 radical (unpaired) electrons. The van der Waals surface area contributed by atoms with E-state index in [0.717, 1.165) is 38.6 Å². The lowest BCUT2D eigenvalue weighted by Gasteiger charge is -2.26. The summed E-state index contributed by atoms with van der Waals surface area (Å²) < 4.78 is 0. The first-order chi connectivity index (χ1) is 13.0. The Morgan fingerprint density at radius 1 is 1.11 bits per heavy atom. The van der Waals surface area contributed by atoms with Gasteiger partial charge in [-0.05, 0) is 58.9 Å². The molecule has 0 aliphatic heterocycles. The summed E-state index contributed by atoms with van der Waals surface area (Å²) in [6.07, 6.45) is 2.36. The van der Waals surface area contributed by atoms with Crippen LogP contribution in [-0.2, 0) is 6.54 Å². The number of aliphatic imine (C=N–C) groups is 1. The fraction of sp³-hybridized carbons (Fsp3) is 0.682. The lowest BCUT2D eigenvalue weighted by Crippen LogP contribution is -2.47. The minimum absolute atomic E-state index is 0.418. The van der Waals surface area contributed by atoms with Crippen LogP contribution in [0, 0.1) is 0 Å². The summed E-state index contributed by atoms with van der Waals surface area (Å²) in [5, 5.41) is 7.00. The fourth-order valence-electron chi connectivity index (χ4n) is 3.09. The summed E-state index contributed by atoms with van der Waals surface area (Å²) >= 11 is 0. The van der Waals surface area contributed by atoms with Gasteiger partial charge in [-0.15, -0.1) is 0 Å². The van der Waals surface area contributed by atoms with Gasteiger partial charge in [-0.1, -0.05) is 44.2 Å². The molecule has 0 saturated heterocycles. The summed E-state index contributed by atoms with van der Waals surface area (Å²) in [5.74, 6) is 0.894. The molecule has 5 nitrogen and oxygen atoms in total. The highest BCUT2D eigenvalue weighted by Crippen LogP contribution is 2.05. The predicted molar refractivity (Wildman–Crippen MR) is 118 cm³/mol. The molecule has 0 spiro atoms. The van der Waals surface area contributed by atoms with Crippen molar-refractivity contribution in [3.8, 4) is 0 Å². The van der Waals surface area contributed by atoms with Crippen LogP contribution in [0.25, 0.3) is 0 Å². The molecule has 0 aliphatic carbocycles. The normalized spacial score (nSPS) is 14.4. The van der Waals surface area contributed by atoms with Crippen LogP contribution in [-0.4, -0.2) is 68.1 Å². The summed E-state index contributed by atoms with van der Waals surface area (Å²) in [5.41, 5.74) is 1.34. The SMILES string of the molecule is CCN(CC)CCCC(C)NC(=NC)NCC(C)N(C)Cc1ccccc1. The molecule has 0 fully saturated rings. The molecule has 2 unspecified atom stereocenters. The Morgan fingerprint density at radius 3 is 2.37 bits per heavy atom. The van der Waals surface area contributed by atoms with Gasteiger partial charge in [0.25, 0.3) is 0 Å². The second-order valence-electron chi connectivity index (χ2n) is 7.42. The molecule has 1 rings (SSSR count). The quantitative estimate of drug-likeness (QED) is 0.435. The topological polar surface area (TPSA) is 42.9 Å². The average Bonchev–Trinajstić information content (AvgIpc) is 2.68. The van der Waals surface area contributed by atoms with Crippen LogP contribution in [0.1, 0.15) is 46.1 Å². The van der Waals surface area contributed by atoms with Crippen molar-refractivity contribution in [3.63, 3.8) is 0 Å². The van der Waals surface area contributed by atoms with Crippen molar-refractivity contribution in [2.45, 2.75) is 59.2 Å². The van der Waals surface area contributed by atoms with E-state index < -0.39 is 0 Å². The predicted octanol–water partition coefficient (Wildman–Crippen LogP) is 3.18. The van der Waals surface area contributed by atoms with E-state index in [4.69, 9.17) is 0 Å². The molecule has 1 aromatic rings. The number of nitrogens with zero attached hydrogens (tertiary/aromatic N) is 3. The molecule has 2 N–H and O–H groups in total. The van der Waals surface area contributed by atoms with E-state index in [9.17, 15) is 0 Å². The monoisotopic (exact) mass is 375 g/mol. The second-order valence-corrected chi connectivity index (χ2v) is 7.42. The number of benzene rings is 1. The van der Waals surface area contributed by atoms with E-state index in [0.29, 0.717) is 12.1 Å². The van der Waals surface area contributed by atoms with Gasteiger partial charge in [0.15, 0.2) is 5.96 Å². The summed E-state index contributed by atoms with van der Waals surface area (Å²) in [6.45, 7) is 14.2. The van der Waals surface area contributed by atoms with Crippen LogP contribution < -0.4 is 10.6 Å². The second kappa shape index (κ2) is 13.6. The standard InChI is InChI=1S/C22H41N5/c1-7-27(8-2)16-12-13-19(3)25-22(23-5)24-17-20(4)26(6)18-21-14-10-9-11-15-21/h9-11,14-15,19-20H,7-8,12-13,16-18H2,1-6H3,(H2,23,24,25). The summed E-state index contributed by atoms with van der Waals surface area (Å²) in [4.78, 5) is 9.22. The molecule has 0 saturated carbocycles. The molecule has 1 aromatic carbocycles. The third kappa shape index (κ3) is 9.78. The molecule has 2 atom stereocenters. The molecule has 0 aliphatic rings. The Bertz CT molecular complexity index is 513. The number of nitrogens with one attached hydrogen (secondary N) is 2. The number of hydrogen-bond acceptors (Lipinski definition) is 3. The summed E-state index contributed by atoms with van der Waals surface area (Å²) in [7, 11) is 4.02. The first-order valence-corrected chi connectivity index (χ1v) is 10.4. The van der Waals surface area contributed by atoms with E-state index in [1.54, 1.807) is 0 Å². The van der Waals surface area contributed by atoms with Crippen molar-refractivity contribution >= 4 is 5.96 Å². The first-order valence-electron chi connectivity index (χ1n) is 10.4. The van der Waals surface area contributed by atoms with Gasteiger partial charge >= 0.3 is 0 Å². The van der Waals surface area contributed by atoms with Gasteiger partial charge in [-0.2, -0.15) is 0 Å². The van der Waals surface area contributed by atoms with Crippen LogP contribution in [0.3, 0.4) is 0 Å². The van der Waals surface area contributed by atoms with Crippen molar-refractivity contribution in [1.29, 1.82) is 0 Å². The molecular formula is C22H41N5. The molecule has 0 amide bonds. The van der Waals surface area contributed by atoms with Gasteiger partial charge in [0, 0.05) is 32.2 Å². The number of guanidine groups is 1. The smallest absolute Gasteiger partial charge is 0.191 e. The van der Waals surface area contributed by atoms with Crippen LogP contribution in [0.15, 0.2) is 35.3 Å². The Hall–Kier alpha value is -1.59. The van der Waals surface area contributed by atoms with E-state index in [1.165, 1.54) is 18.5 Å². The summed E-state index contributed by atoms with van der Waals surface area (Å²) in [6, 6.07) is 11.5. The number of likely N-dealkylation sites (N-methyl/N-ethyl adjacent to an activating group) is 1. The highest BCUT2D eigenvalue weighted by atomic mass is 15.2. The molecule has 5 heteroatoms. The van der Waals surface area contributed by atoms with Gasteiger partial charge in [0.2, 0.25) is 0 Å². The zero-order chi connectivity index (χ0) is 20.1. The van der Waals surface area contributed by atoms with E-state index in [-0.39, 0.29) is 0 Å². The molecular weight excluding hydrogens is 334 g/mol. The van der Waals surface area contributed by atoms with Crippen LogP contribution in [0.2, 0.25) is 0 Å². The third-order valence-electron chi connectivity index (χ3n) is 5.20. The Balaban J connectivity index is 2.31. The minimum atomic E-state index is 0.418. The average molecular weight is 376 g/mol. The first kappa shape index (κ1) is 23.4. The molecule has 0 aromatic heterocycles. The van der Waals surface area contributed by atoms with E-state index >= 15 is 0 Å². The van der Waals surface area contributed by atoms with Crippen molar-refractivity contribution < 1.29 is 0 Å². The van der Waals surface area contributed by atoms with Crippen molar-refractivity contribution in [2.24, 2.45) is 4.99 Å². The number of rotatable bonds is 12.